The van der Waals surface area contributed by atoms with Gasteiger partial charge in [0.1, 0.15) is 26.6 Å². The summed E-state index contributed by atoms with van der Waals surface area (Å²) in [6.07, 6.45) is 5.31. The van der Waals surface area contributed by atoms with E-state index in [0.717, 1.165) is 17.8 Å². The van der Waals surface area contributed by atoms with E-state index < -0.39 is 45.2 Å². The van der Waals surface area contributed by atoms with Crippen LogP contribution < -0.4 is 10.0 Å². The lowest BCUT2D eigenvalue weighted by Gasteiger charge is -2.36. The van der Waals surface area contributed by atoms with Gasteiger partial charge in [0.25, 0.3) is 0 Å². The fraction of sp³-hybridized carbons (Fsp3) is 0.560. The Morgan fingerprint density at radius 2 is 1.97 bits per heavy atom. The van der Waals surface area contributed by atoms with Gasteiger partial charge in [0, 0.05) is 14.1 Å². The molecule has 0 radical (unpaired) electrons. The highest BCUT2D eigenvalue weighted by atomic mass is 35.5. The minimum absolute atomic E-state index is 0.0655. The molecule has 0 aromatic carbocycles. The summed E-state index contributed by atoms with van der Waals surface area (Å²) in [6, 6.07) is -0.728. The Balaban J connectivity index is 1.99. The van der Waals surface area contributed by atoms with Crippen molar-refractivity contribution in [3.63, 3.8) is 0 Å². The lowest BCUT2D eigenvalue weighted by molar-refractivity contribution is -0.157. The van der Waals surface area contributed by atoms with Gasteiger partial charge < -0.3 is 19.7 Å². The molecule has 0 bridgehead atoms. The first kappa shape index (κ1) is 31.6. The summed E-state index contributed by atoms with van der Waals surface area (Å²) < 4.78 is 40.0. The lowest BCUT2D eigenvalue weighted by atomic mass is 9.70. The number of carbonyl (C=O) groups is 3. The van der Waals surface area contributed by atoms with E-state index >= 15 is 0 Å². The van der Waals surface area contributed by atoms with Crippen LogP contribution in [0.1, 0.15) is 46.5 Å². The molecule has 39 heavy (non-hydrogen) atoms. The van der Waals surface area contributed by atoms with Gasteiger partial charge in [0.15, 0.2) is 5.78 Å². The van der Waals surface area contributed by atoms with Crippen LogP contribution in [0.3, 0.4) is 0 Å². The van der Waals surface area contributed by atoms with Gasteiger partial charge in [-0.05, 0) is 71.2 Å². The van der Waals surface area contributed by atoms with Crippen molar-refractivity contribution in [2.75, 3.05) is 20.6 Å². The molecule has 0 saturated carbocycles. The van der Waals surface area contributed by atoms with Crippen LogP contribution in [0.4, 0.5) is 4.79 Å². The van der Waals surface area contributed by atoms with Crippen LogP contribution in [0.5, 0.6) is 0 Å². The van der Waals surface area contributed by atoms with Gasteiger partial charge in [-0.3, -0.25) is 9.59 Å². The number of ketones is 1. The maximum atomic E-state index is 13.9. The average molecular weight is 623 g/mol. The first-order valence-electron chi connectivity index (χ1n) is 12.3. The standard InChI is InChI=1S/C25H33Cl2N3O7S2/c1-24(2,3)37-22(32)17(29-39(34,35)18-13-19(26)38-21(18)27)14-25(20(31)16-7-6-12-28-16)10-8-15(9-11-25)36-23(33)30(4)5/h8-10,13,16-17,28-29H,6-7,11-12,14H2,1-5H3/t16-,17-,25?/m0/s1. The largest absolute Gasteiger partial charge is 0.459 e. The zero-order valence-electron chi connectivity index (χ0n) is 22.4. The van der Waals surface area contributed by atoms with Crippen molar-refractivity contribution in [2.45, 2.75) is 69.0 Å². The summed E-state index contributed by atoms with van der Waals surface area (Å²) in [6.45, 7) is 5.63. The Kier molecular flexibility index (Phi) is 9.94. The molecule has 3 rings (SSSR count). The van der Waals surface area contributed by atoms with Gasteiger partial charge in [0.05, 0.1) is 15.8 Å². The van der Waals surface area contributed by atoms with E-state index in [9.17, 15) is 22.8 Å². The van der Waals surface area contributed by atoms with Gasteiger partial charge in [-0.15, -0.1) is 11.3 Å². The SMILES string of the molecule is CN(C)C(=O)OC1=CCC(C[C@H](NS(=O)(=O)c2cc(Cl)sc2Cl)C(=O)OC(C)(C)C)(C(=O)[C@@H]2CCCN2)C=C1. The minimum Gasteiger partial charge on any atom is -0.459 e. The third kappa shape index (κ3) is 8.05. The van der Waals surface area contributed by atoms with E-state index in [1.807, 2.05) is 0 Å². The number of ether oxygens (including phenoxy) is 2. The van der Waals surface area contributed by atoms with Crippen LogP contribution in [0, 0.1) is 5.41 Å². The van der Waals surface area contributed by atoms with Crippen molar-refractivity contribution in [1.29, 1.82) is 0 Å². The van der Waals surface area contributed by atoms with E-state index in [4.69, 9.17) is 32.7 Å². The third-order valence-electron chi connectivity index (χ3n) is 6.14. The molecule has 1 aromatic rings. The van der Waals surface area contributed by atoms with Gasteiger partial charge in [-0.1, -0.05) is 29.3 Å². The molecule has 14 heteroatoms. The number of carbonyl (C=O) groups excluding carboxylic acids is 3. The van der Waals surface area contributed by atoms with E-state index in [2.05, 4.69) is 10.0 Å². The Bertz CT molecular complexity index is 1280. The number of Topliss-reactive ketones (excluding diaryl/α,β-unsaturated/α-hetero) is 1. The van der Waals surface area contributed by atoms with Gasteiger partial charge in [-0.25, -0.2) is 13.2 Å². The predicted octanol–water partition coefficient (Wildman–Crippen LogP) is 4.28. The first-order chi connectivity index (χ1) is 18.0. The predicted molar refractivity (Wildman–Crippen MR) is 149 cm³/mol. The Morgan fingerprint density at radius 3 is 2.46 bits per heavy atom. The van der Waals surface area contributed by atoms with Crippen LogP contribution in [0.25, 0.3) is 0 Å². The lowest BCUT2D eigenvalue weighted by Crippen LogP contribution is -2.51. The number of nitrogens with one attached hydrogen (secondary N) is 2. The third-order valence-corrected chi connectivity index (χ3v) is 9.37. The molecule has 2 heterocycles. The van der Waals surface area contributed by atoms with Gasteiger partial charge in [-0.2, -0.15) is 4.72 Å². The van der Waals surface area contributed by atoms with Crippen molar-refractivity contribution in [2.24, 2.45) is 5.41 Å². The zero-order valence-corrected chi connectivity index (χ0v) is 25.5. The Morgan fingerprint density at radius 1 is 1.28 bits per heavy atom. The second-order valence-corrected chi connectivity index (χ2v) is 14.6. The second kappa shape index (κ2) is 12.3. The van der Waals surface area contributed by atoms with Crippen LogP contribution >= 0.6 is 34.5 Å². The first-order valence-corrected chi connectivity index (χ1v) is 15.3. The summed E-state index contributed by atoms with van der Waals surface area (Å²) in [4.78, 5) is 40.2. The molecule has 1 saturated heterocycles. The maximum absolute atomic E-state index is 13.9. The van der Waals surface area contributed by atoms with Crippen molar-refractivity contribution in [3.8, 4) is 0 Å². The maximum Gasteiger partial charge on any atom is 0.414 e. The number of hydrogen-bond acceptors (Lipinski definition) is 9. The quantitative estimate of drug-likeness (QED) is 0.391. The van der Waals surface area contributed by atoms with Gasteiger partial charge >= 0.3 is 12.1 Å². The monoisotopic (exact) mass is 621 g/mol. The van der Waals surface area contributed by atoms with Crippen LogP contribution in [0.2, 0.25) is 8.67 Å². The number of rotatable bonds is 9. The van der Waals surface area contributed by atoms with E-state index in [-0.39, 0.29) is 38.0 Å². The normalized spacial score (nSPS) is 22.2. The molecule has 1 unspecified atom stereocenters. The van der Waals surface area contributed by atoms with E-state index in [1.54, 1.807) is 47.0 Å². The van der Waals surface area contributed by atoms with Crippen LogP contribution in [0.15, 0.2) is 34.9 Å². The summed E-state index contributed by atoms with van der Waals surface area (Å²) in [7, 11) is -1.24. The molecular weight excluding hydrogens is 589 g/mol. The number of esters is 1. The number of nitrogens with zero attached hydrogens (tertiary/aromatic N) is 1. The minimum atomic E-state index is -4.33. The molecule has 2 aliphatic rings. The van der Waals surface area contributed by atoms with Crippen molar-refractivity contribution >= 4 is 62.4 Å². The number of hydrogen-bond donors (Lipinski definition) is 2. The summed E-state index contributed by atoms with van der Waals surface area (Å²) >= 11 is 12.9. The highest BCUT2D eigenvalue weighted by molar-refractivity contribution is 7.89. The zero-order chi connectivity index (χ0) is 29.2. The Labute approximate surface area is 242 Å². The molecule has 1 aliphatic carbocycles. The average Bonchev–Trinajstić information content (AvgIpc) is 3.48. The van der Waals surface area contributed by atoms with Crippen LogP contribution in [-0.2, 0) is 29.1 Å². The molecule has 1 aliphatic heterocycles. The molecule has 1 fully saturated rings. The Hall–Kier alpha value is -1.96. The molecule has 0 spiro atoms. The number of amides is 1. The second-order valence-electron chi connectivity index (χ2n) is 10.7. The van der Waals surface area contributed by atoms with E-state index in [0.29, 0.717) is 13.0 Å². The highest BCUT2D eigenvalue weighted by Gasteiger charge is 2.46. The molecule has 216 valence electrons. The number of allylic oxidation sites excluding steroid dienone is 3. The summed E-state index contributed by atoms with van der Waals surface area (Å²) in [5.41, 5.74) is -2.22. The molecule has 3 atom stereocenters. The topological polar surface area (TPSA) is 131 Å². The van der Waals surface area contributed by atoms with E-state index in [1.165, 1.54) is 17.0 Å². The van der Waals surface area contributed by atoms with Crippen molar-refractivity contribution in [3.05, 3.63) is 38.7 Å². The molecule has 2 N–H and O–H groups in total. The summed E-state index contributed by atoms with van der Waals surface area (Å²) in [5.74, 6) is -0.808. The van der Waals surface area contributed by atoms with Gasteiger partial charge in [0.2, 0.25) is 10.0 Å². The smallest absolute Gasteiger partial charge is 0.414 e. The fourth-order valence-electron chi connectivity index (χ4n) is 4.29. The number of thiophene rings is 1. The number of halogens is 2. The van der Waals surface area contributed by atoms with Crippen molar-refractivity contribution in [1.82, 2.24) is 14.9 Å². The molecule has 1 amide bonds. The fourth-order valence-corrected chi connectivity index (χ4v) is 7.62. The van der Waals surface area contributed by atoms with Crippen LogP contribution in [-0.4, -0.2) is 69.5 Å². The highest BCUT2D eigenvalue weighted by Crippen LogP contribution is 2.40. The number of sulfonamides is 1. The molecule has 1 aromatic heterocycles. The molecule has 10 nitrogen and oxygen atoms in total. The van der Waals surface area contributed by atoms with Crippen molar-refractivity contribution < 1.29 is 32.3 Å². The molecular formula is C25H33Cl2N3O7S2. The summed E-state index contributed by atoms with van der Waals surface area (Å²) in [5, 5.41) is 3.18.